The van der Waals surface area contributed by atoms with Gasteiger partial charge < -0.3 is 20.9 Å². The summed E-state index contributed by atoms with van der Waals surface area (Å²) in [6.45, 7) is 8.61. The second kappa shape index (κ2) is 10.4. The second-order valence-electron chi connectivity index (χ2n) is 5.30. The minimum Gasteiger partial charge on any atom is -0.457 e. The van der Waals surface area contributed by atoms with Crippen molar-refractivity contribution in [2.45, 2.75) is 13.5 Å². The number of nitrogen functional groups attached to an aromatic ring is 2. The smallest absolute Gasteiger partial charge is 0.335 e. The molecule has 0 saturated heterocycles. The highest BCUT2D eigenvalue weighted by Crippen LogP contribution is 2.13. The highest BCUT2D eigenvalue weighted by Gasteiger charge is 2.03. The van der Waals surface area contributed by atoms with Gasteiger partial charge in [0.2, 0.25) is 0 Å². The number of anilines is 2. The molecule has 0 aliphatic heterocycles. The fraction of sp³-hybridized carbons (Fsp3) is 0.100. The predicted molar refractivity (Wildman–Crippen MR) is 102 cm³/mol. The lowest BCUT2D eigenvalue weighted by Gasteiger charge is -2.04. The van der Waals surface area contributed by atoms with E-state index in [0.29, 0.717) is 22.7 Å². The second-order valence-corrected chi connectivity index (χ2v) is 5.30. The van der Waals surface area contributed by atoms with E-state index in [1.807, 2.05) is 12.1 Å². The lowest BCUT2D eigenvalue weighted by Crippen LogP contribution is -2.04. The van der Waals surface area contributed by atoms with Crippen LogP contribution in [-0.2, 0) is 20.9 Å². The third-order valence-corrected chi connectivity index (χ3v) is 2.93. The molecule has 136 valence electrons. The van der Waals surface area contributed by atoms with Gasteiger partial charge in [-0.25, -0.2) is 9.59 Å². The monoisotopic (exact) mass is 354 g/mol. The molecule has 0 saturated carbocycles. The van der Waals surface area contributed by atoms with Gasteiger partial charge >= 0.3 is 11.9 Å². The number of rotatable bonds is 5. The number of benzene rings is 2. The third-order valence-electron chi connectivity index (χ3n) is 2.93. The molecule has 0 unspecified atom stereocenters. The molecule has 0 spiro atoms. The van der Waals surface area contributed by atoms with Gasteiger partial charge in [-0.05, 0) is 48.9 Å². The van der Waals surface area contributed by atoms with Crippen molar-refractivity contribution in [1.29, 1.82) is 0 Å². The van der Waals surface area contributed by atoms with E-state index in [4.69, 9.17) is 20.9 Å². The minimum absolute atomic E-state index is 0.233. The number of nitrogens with two attached hydrogens (primary N) is 2. The first-order chi connectivity index (χ1) is 12.3. The molecule has 0 aliphatic rings. The molecule has 4 N–H and O–H groups in total. The zero-order valence-electron chi connectivity index (χ0n) is 14.6. The van der Waals surface area contributed by atoms with Gasteiger partial charge in [0.15, 0.2) is 0 Å². The Kier molecular flexibility index (Phi) is 8.16. The normalized spacial score (nSPS) is 9.27. The van der Waals surface area contributed by atoms with Crippen LogP contribution in [0.15, 0.2) is 73.3 Å². The van der Waals surface area contributed by atoms with E-state index in [1.165, 1.54) is 0 Å². The maximum absolute atomic E-state index is 11.0. The summed E-state index contributed by atoms with van der Waals surface area (Å²) in [7, 11) is 0. The Labute approximate surface area is 152 Å². The average molecular weight is 354 g/mol. The van der Waals surface area contributed by atoms with Gasteiger partial charge in [-0.15, -0.1) is 0 Å². The molecule has 2 rings (SSSR count). The molecule has 2 aromatic rings. The van der Waals surface area contributed by atoms with Gasteiger partial charge in [-0.3, -0.25) is 0 Å². The summed E-state index contributed by atoms with van der Waals surface area (Å²) in [6.07, 6.45) is 1.11. The van der Waals surface area contributed by atoms with Crippen LogP contribution in [-0.4, -0.2) is 11.9 Å². The van der Waals surface area contributed by atoms with Gasteiger partial charge in [0, 0.05) is 23.0 Å². The fourth-order valence-electron chi connectivity index (χ4n) is 1.65. The molecule has 0 heterocycles. The summed E-state index contributed by atoms with van der Waals surface area (Å²) < 4.78 is 9.76. The molecule has 0 radical (unpaired) electrons. The summed E-state index contributed by atoms with van der Waals surface area (Å²) in [4.78, 5) is 21.7. The summed E-state index contributed by atoms with van der Waals surface area (Å²) in [6, 6.07) is 13.8. The number of ether oxygens (including phenoxy) is 2. The highest BCUT2D eigenvalue weighted by atomic mass is 16.5. The van der Waals surface area contributed by atoms with Gasteiger partial charge in [0.1, 0.15) is 12.4 Å². The summed E-state index contributed by atoms with van der Waals surface area (Å²) in [5.74, 6) is -0.388. The minimum atomic E-state index is -0.472. The lowest BCUT2D eigenvalue weighted by molar-refractivity contribution is -0.140. The van der Waals surface area contributed by atoms with Gasteiger partial charge in [-0.2, -0.15) is 0 Å². The Morgan fingerprint density at radius 1 is 1.08 bits per heavy atom. The summed E-state index contributed by atoms with van der Waals surface area (Å²) in [5, 5.41) is 0. The summed E-state index contributed by atoms with van der Waals surface area (Å²) >= 11 is 0. The van der Waals surface area contributed by atoms with Gasteiger partial charge in [0.05, 0.1) is 0 Å². The number of hydrogen-bond donors (Lipinski definition) is 2. The van der Waals surface area contributed by atoms with Crippen molar-refractivity contribution in [2.24, 2.45) is 0 Å². The number of hydrogen-bond acceptors (Lipinski definition) is 6. The zero-order chi connectivity index (χ0) is 19.5. The van der Waals surface area contributed by atoms with Crippen molar-refractivity contribution in [3.63, 3.8) is 0 Å². The zero-order valence-corrected chi connectivity index (χ0v) is 14.6. The largest absolute Gasteiger partial charge is 0.457 e. The average Bonchev–Trinajstić information content (AvgIpc) is 2.62. The van der Waals surface area contributed by atoms with E-state index in [2.05, 4.69) is 13.2 Å². The Morgan fingerprint density at radius 2 is 1.73 bits per heavy atom. The molecular weight excluding hydrogens is 332 g/mol. The van der Waals surface area contributed by atoms with Gasteiger partial charge in [0.25, 0.3) is 0 Å². The van der Waals surface area contributed by atoms with Crippen LogP contribution in [0.3, 0.4) is 0 Å². The number of esters is 2. The molecular formula is C20H22N2O4. The van der Waals surface area contributed by atoms with Crippen molar-refractivity contribution >= 4 is 23.3 Å². The van der Waals surface area contributed by atoms with E-state index in [9.17, 15) is 9.59 Å². The molecule has 2 aromatic carbocycles. The number of carbonyl (C=O) groups is 2. The van der Waals surface area contributed by atoms with Crippen molar-refractivity contribution in [2.75, 3.05) is 11.5 Å². The standard InChI is InChI=1S/C11H13NO2.C9H9NO2/c1-8(2)11(13)14-7-9-4-3-5-10(12)6-9;1-2-9(11)12-8-5-3-7(10)4-6-8/h3-6H,1,7,12H2,2H3;2-6H,1,10H2. The highest BCUT2D eigenvalue weighted by molar-refractivity contribution is 5.86. The summed E-state index contributed by atoms with van der Waals surface area (Å²) in [5.41, 5.74) is 13.6. The molecule has 0 bridgehead atoms. The molecule has 0 fully saturated rings. The topological polar surface area (TPSA) is 105 Å². The molecule has 0 aromatic heterocycles. The van der Waals surface area contributed by atoms with Crippen molar-refractivity contribution in [3.8, 4) is 5.75 Å². The van der Waals surface area contributed by atoms with Crippen LogP contribution in [0.5, 0.6) is 5.75 Å². The van der Waals surface area contributed by atoms with E-state index in [1.54, 1.807) is 43.3 Å². The molecule has 0 aliphatic carbocycles. The van der Waals surface area contributed by atoms with E-state index in [0.717, 1.165) is 11.6 Å². The Balaban J connectivity index is 0.000000263. The van der Waals surface area contributed by atoms with E-state index in [-0.39, 0.29) is 12.6 Å². The first kappa shape index (κ1) is 20.5. The third kappa shape index (κ3) is 7.83. The maximum atomic E-state index is 11.0. The maximum Gasteiger partial charge on any atom is 0.335 e. The first-order valence-electron chi connectivity index (χ1n) is 7.68. The molecule has 6 nitrogen and oxygen atoms in total. The molecule has 0 atom stereocenters. The fourth-order valence-corrected chi connectivity index (χ4v) is 1.65. The first-order valence-corrected chi connectivity index (χ1v) is 7.68. The van der Waals surface area contributed by atoms with Crippen LogP contribution in [0.25, 0.3) is 0 Å². The lowest BCUT2D eigenvalue weighted by atomic mass is 10.2. The van der Waals surface area contributed by atoms with Crippen LogP contribution >= 0.6 is 0 Å². The quantitative estimate of drug-likeness (QED) is 0.370. The number of carbonyl (C=O) groups excluding carboxylic acids is 2. The van der Waals surface area contributed by atoms with Crippen LogP contribution in [0.4, 0.5) is 11.4 Å². The molecule has 26 heavy (non-hydrogen) atoms. The van der Waals surface area contributed by atoms with Crippen molar-refractivity contribution in [3.05, 3.63) is 78.9 Å². The van der Waals surface area contributed by atoms with Crippen LogP contribution in [0.2, 0.25) is 0 Å². The SMILES string of the molecule is C=C(C)C(=O)OCc1cccc(N)c1.C=CC(=O)Oc1ccc(N)cc1. The Hall–Kier alpha value is -3.54. The van der Waals surface area contributed by atoms with Crippen LogP contribution < -0.4 is 16.2 Å². The molecule has 6 heteroatoms. The Morgan fingerprint density at radius 3 is 2.27 bits per heavy atom. The van der Waals surface area contributed by atoms with Crippen molar-refractivity contribution < 1.29 is 19.1 Å². The van der Waals surface area contributed by atoms with Gasteiger partial charge in [-0.1, -0.05) is 25.3 Å². The van der Waals surface area contributed by atoms with E-state index < -0.39 is 5.97 Å². The predicted octanol–water partition coefficient (Wildman–Crippen LogP) is 3.25. The van der Waals surface area contributed by atoms with Crippen LogP contribution in [0, 0.1) is 0 Å². The Bertz CT molecular complexity index is 783. The van der Waals surface area contributed by atoms with Crippen LogP contribution in [0.1, 0.15) is 12.5 Å². The molecule has 0 amide bonds. The van der Waals surface area contributed by atoms with Crippen molar-refractivity contribution in [1.82, 2.24) is 0 Å². The van der Waals surface area contributed by atoms with E-state index >= 15 is 0 Å².